The monoisotopic (exact) mass is 772 g/mol. The van der Waals surface area contributed by atoms with Crippen molar-refractivity contribution in [2.24, 2.45) is 12.5 Å². The molecule has 0 radical (unpaired) electrons. The minimum absolute atomic E-state index is 0.0320. The molecule has 4 aliphatic rings. The third kappa shape index (κ3) is 6.98. The number of aromatic nitrogens is 4. The Balaban J connectivity index is 1.13. The SMILES string of the molecule is C=CC(=O)Nc1cc(Nc2nc(-c3ccnc(N4CCCn5c(cc6c5CC(C)(C)C6)C4=O)c3CO)cn(C)c2=O)cc(C#N)c1N1CCN(C2COC2)CC1C. The number of nitriles is 1. The molecule has 3 aromatic heterocycles. The molecular formula is C42H48N10O5. The fourth-order valence-corrected chi connectivity index (χ4v) is 8.83. The van der Waals surface area contributed by atoms with E-state index < -0.39 is 18.1 Å². The van der Waals surface area contributed by atoms with Gasteiger partial charge in [0.05, 0.1) is 48.5 Å². The summed E-state index contributed by atoms with van der Waals surface area (Å²) in [5.41, 5.74) is 5.70. The molecule has 57 heavy (non-hydrogen) atoms. The van der Waals surface area contributed by atoms with Crippen molar-refractivity contribution in [3.8, 4) is 17.3 Å². The van der Waals surface area contributed by atoms with E-state index in [4.69, 9.17) is 9.72 Å². The van der Waals surface area contributed by atoms with Crippen LogP contribution in [0, 0.1) is 16.7 Å². The molecule has 1 aliphatic carbocycles. The first-order chi connectivity index (χ1) is 27.4. The normalized spacial score (nSPS) is 19.3. The molecule has 2 fully saturated rings. The lowest BCUT2D eigenvalue weighted by Crippen LogP contribution is -2.59. The van der Waals surface area contributed by atoms with Crippen molar-refractivity contribution in [2.45, 2.75) is 65.3 Å². The number of pyridine rings is 1. The summed E-state index contributed by atoms with van der Waals surface area (Å²) in [6.07, 6.45) is 6.87. The van der Waals surface area contributed by atoms with Gasteiger partial charge >= 0.3 is 0 Å². The zero-order chi connectivity index (χ0) is 40.2. The number of hydrogen-bond donors (Lipinski definition) is 3. The molecule has 1 atom stereocenters. The van der Waals surface area contributed by atoms with Crippen LogP contribution in [0.4, 0.5) is 28.7 Å². The number of amides is 2. The Kier molecular flexibility index (Phi) is 9.97. The molecule has 4 aromatic rings. The second-order valence-corrected chi connectivity index (χ2v) is 16.3. The van der Waals surface area contributed by atoms with Crippen LogP contribution in [0.25, 0.3) is 11.3 Å². The molecule has 0 saturated carbocycles. The molecule has 8 rings (SSSR count). The average Bonchev–Trinajstić information content (AvgIpc) is 3.59. The van der Waals surface area contributed by atoms with Crippen LogP contribution in [0.2, 0.25) is 0 Å². The predicted octanol–water partition coefficient (Wildman–Crippen LogP) is 3.96. The molecule has 0 bridgehead atoms. The van der Waals surface area contributed by atoms with Crippen LogP contribution < -0.4 is 26.0 Å². The number of carbonyl (C=O) groups is 2. The third-order valence-electron chi connectivity index (χ3n) is 11.7. The molecule has 2 amide bonds. The summed E-state index contributed by atoms with van der Waals surface area (Å²) < 4.78 is 8.95. The van der Waals surface area contributed by atoms with E-state index in [0.29, 0.717) is 96.3 Å². The topological polar surface area (TPSA) is 174 Å². The highest BCUT2D eigenvalue weighted by molar-refractivity contribution is 6.06. The van der Waals surface area contributed by atoms with Crippen molar-refractivity contribution in [3.05, 3.63) is 87.7 Å². The van der Waals surface area contributed by atoms with Gasteiger partial charge < -0.3 is 34.5 Å². The van der Waals surface area contributed by atoms with Crippen molar-refractivity contribution in [2.75, 3.05) is 59.8 Å². The Hall–Kier alpha value is -5.82. The lowest BCUT2D eigenvalue weighted by molar-refractivity contribution is -0.111. The highest BCUT2D eigenvalue weighted by atomic mass is 16.5. The molecule has 296 valence electrons. The highest BCUT2D eigenvalue weighted by Gasteiger charge is 2.37. The first-order valence-electron chi connectivity index (χ1n) is 19.5. The number of hydrogen-bond acceptors (Lipinski definition) is 11. The molecule has 1 unspecified atom stereocenters. The van der Waals surface area contributed by atoms with E-state index >= 15 is 0 Å². The summed E-state index contributed by atoms with van der Waals surface area (Å²) in [6, 6.07) is 9.78. The Labute approximate surface area is 331 Å². The maximum absolute atomic E-state index is 14.2. The Bertz CT molecular complexity index is 2390. The minimum atomic E-state index is -0.444. The quantitative estimate of drug-likeness (QED) is 0.210. The van der Waals surface area contributed by atoms with Gasteiger partial charge in [0.15, 0.2) is 5.82 Å². The van der Waals surface area contributed by atoms with Gasteiger partial charge in [-0.1, -0.05) is 20.4 Å². The number of aryl methyl sites for hydroxylation is 1. The number of nitrogens with one attached hydrogen (secondary N) is 2. The van der Waals surface area contributed by atoms with Crippen LogP contribution in [-0.4, -0.2) is 92.4 Å². The second kappa shape index (κ2) is 14.9. The largest absolute Gasteiger partial charge is 0.392 e. The molecular weight excluding hydrogens is 725 g/mol. The number of carbonyl (C=O) groups excluding carboxylic acids is 2. The van der Waals surface area contributed by atoms with Crippen molar-refractivity contribution in [1.82, 2.24) is 24.0 Å². The molecule has 1 aromatic carbocycles. The zero-order valence-electron chi connectivity index (χ0n) is 32.8. The van der Waals surface area contributed by atoms with Gasteiger partial charge in [-0.2, -0.15) is 5.26 Å². The number of ether oxygens (including phenoxy) is 1. The van der Waals surface area contributed by atoms with Crippen molar-refractivity contribution >= 4 is 40.5 Å². The van der Waals surface area contributed by atoms with Gasteiger partial charge in [0.25, 0.3) is 11.5 Å². The minimum Gasteiger partial charge on any atom is -0.392 e. The van der Waals surface area contributed by atoms with Gasteiger partial charge in [0, 0.05) is 80.7 Å². The molecule has 15 nitrogen and oxygen atoms in total. The summed E-state index contributed by atoms with van der Waals surface area (Å²) in [7, 11) is 1.60. The van der Waals surface area contributed by atoms with E-state index in [-0.39, 0.29) is 23.2 Å². The van der Waals surface area contributed by atoms with Gasteiger partial charge in [-0.05, 0) is 67.5 Å². The number of aliphatic hydroxyl groups excluding tert-OH is 1. The van der Waals surface area contributed by atoms with Crippen LogP contribution in [0.5, 0.6) is 0 Å². The fourth-order valence-electron chi connectivity index (χ4n) is 8.83. The summed E-state index contributed by atoms with van der Waals surface area (Å²) in [4.78, 5) is 56.0. The zero-order valence-corrected chi connectivity index (χ0v) is 32.8. The van der Waals surface area contributed by atoms with E-state index in [9.17, 15) is 24.8 Å². The van der Waals surface area contributed by atoms with Crippen LogP contribution >= 0.6 is 0 Å². The van der Waals surface area contributed by atoms with Crippen LogP contribution in [-0.2, 0) is 42.6 Å². The lowest BCUT2D eigenvalue weighted by atomic mass is 9.90. The molecule has 0 spiro atoms. The van der Waals surface area contributed by atoms with E-state index in [1.165, 1.54) is 21.9 Å². The number of benzene rings is 1. The summed E-state index contributed by atoms with van der Waals surface area (Å²) in [5.74, 6) is -0.315. The summed E-state index contributed by atoms with van der Waals surface area (Å²) in [5, 5.41) is 27.3. The number of rotatable bonds is 9. The second-order valence-electron chi connectivity index (χ2n) is 16.3. The number of anilines is 5. The van der Waals surface area contributed by atoms with Gasteiger partial charge in [-0.15, -0.1) is 0 Å². The van der Waals surface area contributed by atoms with Gasteiger partial charge in [0.2, 0.25) is 5.91 Å². The molecule has 3 N–H and O–H groups in total. The average molecular weight is 773 g/mol. The summed E-state index contributed by atoms with van der Waals surface area (Å²) in [6.45, 7) is 14.5. The number of fused-ring (bicyclic) bond motifs is 3. The van der Waals surface area contributed by atoms with Gasteiger partial charge in [-0.25, -0.2) is 9.97 Å². The van der Waals surface area contributed by atoms with Crippen molar-refractivity contribution in [3.63, 3.8) is 0 Å². The maximum atomic E-state index is 14.2. The Morgan fingerprint density at radius 1 is 1.16 bits per heavy atom. The lowest BCUT2D eigenvalue weighted by Gasteiger charge is -2.47. The number of aliphatic hydroxyl groups is 1. The fraction of sp³-hybridized carbons (Fsp3) is 0.429. The van der Waals surface area contributed by atoms with Crippen molar-refractivity contribution in [1.29, 1.82) is 5.26 Å². The van der Waals surface area contributed by atoms with Gasteiger partial charge in [-0.3, -0.25) is 24.2 Å². The van der Waals surface area contributed by atoms with E-state index in [2.05, 4.69) is 63.4 Å². The Morgan fingerprint density at radius 2 is 1.96 bits per heavy atom. The van der Waals surface area contributed by atoms with Gasteiger partial charge in [0.1, 0.15) is 17.6 Å². The highest BCUT2D eigenvalue weighted by Crippen LogP contribution is 2.41. The molecule has 15 heteroatoms. The third-order valence-corrected chi connectivity index (χ3v) is 11.7. The van der Waals surface area contributed by atoms with Crippen LogP contribution in [0.3, 0.4) is 0 Å². The standard InChI is InChI=1S/C42H48N10O5/c1-6-36(54)46-32-16-28(14-27(19-43)37(32)50-13-12-49(20-25(50)2)29-23-57-24-29)45-38-41(56)48(5)21-33(47-38)30-8-9-44-39(31(30)22-53)52-11-7-10-51-34(40(52)55)15-26-17-42(3,4)18-35(26)51/h6,8-9,14-16,21,25,29,53H,1,7,10-13,17-18,20,22-24H2,2-5H3,(H,45,47)(H,46,54). The van der Waals surface area contributed by atoms with E-state index in [1.54, 1.807) is 42.5 Å². The first-order valence-corrected chi connectivity index (χ1v) is 19.5. The summed E-state index contributed by atoms with van der Waals surface area (Å²) >= 11 is 0. The number of piperazine rings is 1. The van der Waals surface area contributed by atoms with Crippen molar-refractivity contribution < 1.29 is 19.4 Å². The van der Waals surface area contributed by atoms with Crippen LogP contribution in [0.1, 0.15) is 60.1 Å². The Morgan fingerprint density at radius 3 is 2.67 bits per heavy atom. The number of nitrogens with zero attached hydrogens (tertiary/aromatic N) is 8. The van der Waals surface area contributed by atoms with E-state index in [0.717, 1.165) is 25.9 Å². The molecule has 6 heterocycles. The first kappa shape index (κ1) is 38.1. The predicted molar refractivity (Wildman–Crippen MR) is 217 cm³/mol. The van der Waals surface area contributed by atoms with Crippen LogP contribution in [0.15, 0.2) is 54.1 Å². The molecule has 2 saturated heterocycles. The van der Waals surface area contributed by atoms with E-state index in [1.807, 2.05) is 6.07 Å². The molecule has 3 aliphatic heterocycles. The maximum Gasteiger partial charge on any atom is 0.293 e. The smallest absolute Gasteiger partial charge is 0.293 e.